The number of anilines is 2. The van der Waals surface area contributed by atoms with Gasteiger partial charge < -0.3 is 35.3 Å². The second kappa shape index (κ2) is 12.8. The number of benzene rings is 2. The minimum atomic E-state index is -0.744. The van der Waals surface area contributed by atoms with Crippen molar-refractivity contribution in [2.45, 2.75) is 45.7 Å². The fraction of sp³-hybridized carbons (Fsp3) is 0.344. The van der Waals surface area contributed by atoms with E-state index in [1.807, 2.05) is 26.0 Å². The van der Waals surface area contributed by atoms with Crippen LogP contribution in [-0.4, -0.2) is 44.3 Å². The molecule has 3 aromatic carbocycles. The standard InChI is InChI=1S/C32H37N3O7/c1-17(2)29(32(39)34-20-8-10-21(37)11-9-20)35-25-14-12-22-23(16-26(25)38)24(33-18(3)36)13-7-19-15-27(40-4)30(41-5)31(42-6)28(19)22/h8-12,14-17,24,29,37H,7,13H2,1-6H3,(H,33,36)(H,34,39)(H,35,38). The largest absolute Gasteiger partial charge is 0.508 e. The lowest BCUT2D eigenvalue weighted by Gasteiger charge is -2.22. The molecule has 0 heterocycles. The number of carbonyl (C=O) groups is 2. The second-order valence-electron chi connectivity index (χ2n) is 10.5. The first-order chi connectivity index (χ1) is 20.1. The summed E-state index contributed by atoms with van der Waals surface area (Å²) in [6.45, 7) is 5.20. The Morgan fingerprint density at radius 1 is 0.952 bits per heavy atom. The van der Waals surface area contributed by atoms with Crippen LogP contribution in [0.25, 0.3) is 11.1 Å². The molecule has 10 heteroatoms. The number of carbonyl (C=O) groups excluding carboxylic acids is 2. The maximum Gasteiger partial charge on any atom is 0.247 e. The van der Waals surface area contributed by atoms with E-state index in [0.29, 0.717) is 46.9 Å². The van der Waals surface area contributed by atoms with Crippen LogP contribution in [0.5, 0.6) is 23.0 Å². The molecule has 1 aliphatic carbocycles. The third-order valence-corrected chi connectivity index (χ3v) is 7.31. The number of amides is 2. The van der Waals surface area contributed by atoms with Gasteiger partial charge >= 0.3 is 0 Å². The minimum Gasteiger partial charge on any atom is -0.508 e. The molecule has 3 aromatic rings. The van der Waals surface area contributed by atoms with E-state index in [1.54, 1.807) is 32.4 Å². The first kappa shape index (κ1) is 30.2. The van der Waals surface area contributed by atoms with E-state index in [2.05, 4.69) is 16.0 Å². The Kier molecular flexibility index (Phi) is 9.25. The molecule has 0 aliphatic heterocycles. The fourth-order valence-corrected chi connectivity index (χ4v) is 5.29. The van der Waals surface area contributed by atoms with Gasteiger partial charge in [-0.25, -0.2) is 0 Å². The molecule has 2 atom stereocenters. The summed E-state index contributed by atoms with van der Waals surface area (Å²) in [5.41, 5.74) is 3.39. The number of aryl methyl sites for hydroxylation is 1. The van der Waals surface area contributed by atoms with Gasteiger partial charge in [0.15, 0.2) is 11.5 Å². The van der Waals surface area contributed by atoms with Crippen molar-refractivity contribution >= 4 is 23.2 Å². The number of nitrogens with one attached hydrogen (secondary N) is 3. The first-order valence-electron chi connectivity index (χ1n) is 13.7. The number of phenolic OH excluding ortho intramolecular Hbond substituents is 1. The molecule has 2 unspecified atom stereocenters. The topological polar surface area (TPSA) is 135 Å². The van der Waals surface area contributed by atoms with Crippen molar-refractivity contribution in [3.05, 3.63) is 69.9 Å². The fourth-order valence-electron chi connectivity index (χ4n) is 5.29. The molecule has 0 spiro atoms. The van der Waals surface area contributed by atoms with Crippen molar-refractivity contribution in [1.29, 1.82) is 0 Å². The van der Waals surface area contributed by atoms with E-state index in [9.17, 15) is 19.5 Å². The zero-order valence-corrected chi connectivity index (χ0v) is 24.7. The van der Waals surface area contributed by atoms with Gasteiger partial charge in [0.2, 0.25) is 23.0 Å². The molecular formula is C32H37N3O7. The number of fused-ring (bicyclic) bond motifs is 3. The second-order valence-corrected chi connectivity index (χ2v) is 10.5. The number of ether oxygens (including phenoxy) is 3. The molecule has 0 fully saturated rings. The molecule has 0 aromatic heterocycles. The van der Waals surface area contributed by atoms with Crippen LogP contribution in [0.1, 0.15) is 44.4 Å². The van der Waals surface area contributed by atoms with Gasteiger partial charge in [0.1, 0.15) is 11.8 Å². The van der Waals surface area contributed by atoms with Crippen LogP contribution in [0.3, 0.4) is 0 Å². The van der Waals surface area contributed by atoms with Crippen LogP contribution in [-0.2, 0) is 16.0 Å². The van der Waals surface area contributed by atoms with Gasteiger partial charge in [-0.15, -0.1) is 0 Å². The first-order valence-corrected chi connectivity index (χ1v) is 13.7. The summed E-state index contributed by atoms with van der Waals surface area (Å²) in [5, 5.41) is 18.5. The highest BCUT2D eigenvalue weighted by molar-refractivity contribution is 5.97. The highest BCUT2D eigenvalue weighted by Crippen LogP contribution is 2.50. The lowest BCUT2D eigenvalue weighted by atomic mass is 9.95. The van der Waals surface area contributed by atoms with Crippen molar-refractivity contribution in [2.75, 3.05) is 32.0 Å². The third-order valence-electron chi connectivity index (χ3n) is 7.31. The highest BCUT2D eigenvalue weighted by atomic mass is 16.5. The number of phenols is 1. The van der Waals surface area contributed by atoms with Crippen LogP contribution < -0.4 is 35.6 Å². The van der Waals surface area contributed by atoms with Gasteiger partial charge in [-0.05, 0) is 77.9 Å². The number of methoxy groups -OCH3 is 3. The molecule has 2 amide bonds. The molecule has 0 radical (unpaired) electrons. The molecule has 0 bridgehead atoms. The van der Waals surface area contributed by atoms with Crippen molar-refractivity contribution in [3.63, 3.8) is 0 Å². The van der Waals surface area contributed by atoms with E-state index < -0.39 is 12.1 Å². The number of hydrogen-bond acceptors (Lipinski definition) is 8. The Balaban J connectivity index is 1.84. The summed E-state index contributed by atoms with van der Waals surface area (Å²) in [5.74, 6) is 0.753. The van der Waals surface area contributed by atoms with Crippen molar-refractivity contribution in [3.8, 4) is 34.1 Å². The van der Waals surface area contributed by atoms with Gasteiger partial charge in [0, 0.05) is 18.2 Å². The van der Waals surface area contributed by atoms with E-state index in [1.165, 1.54) is 32.2 Å². The van der Waals surface area contributed by atoms with Crippen molar-refractivity contribution < 1.29 is 28.9 Å². The Labute approximate surface area is 245 Å². The van der Waals surface area contributed by atoms with Crippen LogP contribution in [0.4, 0.5) is 11.4 Å². The summed E-state index contributed by atoms with van der Waals surface area (Å²) in [6.07, 6.45) is 1.12. The zero-order chi connectivity index (χ0) is 30.6. The molecule has 0 saturated carbocycles. The SMILES string of the molecule is COc1cc2c(c(OC)c1OC)-c1ccc(NC(C(=O)Nc3ccc(O)cc3)C(C)C)c(=O)cc1C(NC(C)=O)CC2. The summed E-state index contributed by atoms with van der Waals surface area (Å²) < 4.78 is 17.1. The van der Waals surface area contributed by atoms with Crippen LogP contribution in [0.2, 0.25) is 0 Å². The molecule has 1 aliphatic rings. The smallest absolute Gasteiger partial charge is 0.247 e. The average molecular weight is 576 g/mol. The number of aromatic hydroxyl groups is 1. The normalized spacial score (nSPS) is 14.5. The van der Waals surface area contributed by atoms with Crippen molar-refractivity contribution in [2.24, 2.45) is 5.92 Å². The van der Waals surface area contributed by atoms with Gasteiger partial charge in [-0.1, -0.05) is 19.9 Å². The minimum absolute atomic E-state index is 0.0888. The Morgan fingerprint density at radius 2 is 1.64 bits per heavy atom. The molecule has 0 saturated heterocycles. The van der Waals surface area contributed by atoms with Crippen LogP contribution in [0, 0.1) is 5.92 Å². The molecule has 4 rings (SSSR count). The average Bonchev–Trinajstić information content (AvgIpc) is 3.19. The zero-order valence-electron chi connectivity index (χ0n) is 24.7. The number of rotatable bonds is 9. The van der Waals surface area contributed by atoms with Gasteiger partial charge in [-0.2, -0.15) is 0 Å². The van der Waals surface area contributed by atoms with Crippen LogP contribution in [0.15, 0.2) is 53.3 Å². The molecule has 42 heavy (non-hydrogen) atoms. The highest BCUT2D eigenvalue weighted by Gasteiger charge is 2.30. The maximum absolute atomic E-state index is 13.7. The summed E-state index contributed by atoms with van der Waals surface area (Å²) in [4.78, 5) is 39.1. The monoisotopic (exact) mass is 575 g/mol. The predicted octanol–water partition coefficient (Wildman–Crippen LogP) is 4.64. The maximum atomic E-state index is 13.7. The van der Waals surface area contributed by atoms with E-state index in [0.717, 1.165) is 11.1 Å². The summed E-state index contributed by atoms with van der Waals surface area (Å²) >= 11 is 0. The van der Waals surface area contributed by atoms with Crippen molar-refractivity contribution in [1.82, 2.24) is 5.32 Å². The predicted molar refractivity (Wildman–Crippen MR) is 162 cm³/mol. The van der Waals surface area contributed by atoms with E-state index >= 15 is 0 Å². The quantitative estimate of drug-likeness (QED) is 0.271. The molecular weight excluding hydrogens is 538 g/mol. The Bertz CT molecular complexity index is 1540. The molecule has 4 N–H and O–H groups in total. The van der Waals surface area contributed by atoms with Gasteiger partial charge in [-0.3, -0.25) is 14.4 Å². The lowest BCUT2D eigenvalue weighted by molar-refractivity contribution is -0.120. The molecule has 10 nitrogen and oxygen atoms in total. The Morgan fingerprint density at radius 3 is 2.24 bits per heavy atom. The Hall–Kier alpha value is -4.73. The summed E-state index contributed by atoms with van der Waals surface area (Å²) in [7, 11) is 4.63. The van der Waals surface area contributed by atoms with Gasteiger partial charge in [0.25, 0.3) is 0 Å². The van der Waals surface area contributed by atoms with E-state index in [4.69, 9.17) is 14.2 Å². The van der Waals surface area contributed by atoms with Gasteiger partial charge in [0.05, 0.1) is 33.1 Å². The van der Waals surface area contributed by atoms with Crippen LogP contribution >= 0.6 is 0 Å². The lowest BCUT2D eigenvalue weighted by Crippen LogP contribution is -2.39. The summed E-state index contributed by atoms with van der Waals surface area (Å²) in [6, 6.07) is 11.8. The third kappa shape index (κ3) is 6.27. The number of hydrogen-bond donors (Lipinski definition) is 4. The van der Waals surface area contributed by atoms with E-state index in [-0.39, 0.29) is 34.6 Å². The molecule has 222 valence electrons.